The van der Waals surface area contributed by atoms with Gasteiger partial charge in [0.2, 0.25) is 5.91 Å². The van der Waals surface area contributed by atoms with Gasteiger partial charge in [0.25, 0.3) is 0 Å². The predicted octanol–water partition coefficient (Wildman–Crippen LogP) is 2.98. The van der Waals surface area contributed by atoms with Gasteiger partial charge in [-0.1, -0.05) is 19.3 Å². The van der Waals surface area contributed by atoms with Crippen molar-refractivity contribution in [2.75, 3.05) is 13.2 Å². The normalized spacial score (nSPS) is 28.1. The Kier molecular flexibility index (Phi) is 3.72. The van der Waals surface area contributed by atoms with Gasteiger partial charge in [-0.15, -0.1) is 0 Å². The molecule has 0 aromatic heterocycles. The molecule has 18 heavy (non-hydrogen) atoms. The molecule has 104 valence electrons. The number of carbonyl (C=O) groups excluding carboxylic acids is 1. The average Bonchev–Trinajstić information content (AvgIpc) is 2.27. The van der Waals surface area contributed by atoms with Gasteiger partial charge in [0, 0.05) is 5.92 Å². The van der Waals surface area contributed by atoms with Gasteiger partial charge in [0.05, 0.1) is 24.3 Å². The van der Waals surface area contributed by atoms with Crippen LogP contribution in [0.4, 0.5) is 0 Å². The smallest absolute Gasteiger partial charge is 0.226 e. The van der Waals surface area contributed by atoms with Gasteiger partial charge in [-0.05, 0) is 40.5 Å². The maximum Gasteiger partial charge on any atom is 0.226 e. The Labute approximate surface area is 111 Å². The molecule has 0 N–H and O–H groups in total. The zero-order chi connectivity index (χ0) is 13.4. The first-order valence-electron chi connectivity index (χ1n) is 7.26. The number of morpholine rings is 1. The van der Waals surface area contributed by atoms with Gasteiger partial charge in [-0.25, -0.2) is 0 Å². The minimum absolute atomic E-state index is 0.184. The van der Waals surface area contributed by atoms with E-state index >= 15 is 0 Å². The number of rotatable bonds is 1. The van der Waals surface area contributed by atoms with E-state index in [1.54, 1.807) is 0 Å². The third-order valence-electron chi connectivity index (χ3n) is 4.30. The summed E-state index contributed by atoms with van der Waals surface area (Å²) >= 11 is 0. The molecular formula is C15H27NO2. The number of carbonyl (C=O) groups is 1. The molecule has 0 spiro atoms. The topological polar surface area (TPSA) is 29.5 Å². The Morgan fingerprint density at radius 1 is 1.00 bits per heavy atom. The summed E-state index contributed by atoms with van der Waals surface area (Å²) in [7, 11) is 0. The van der Waals surface area contributed by atoms with Crippen LogP contribution in [0.1, 0.15) is 59.8 Å². The molecule has 0 radical (unpaired) electrons. The van der Waals surface area contributed by atoms with Crippen LogP contribution in [0.2, 0.25) is 0 Å². The molecular weight excluding hydrogens is 226 g/mol. The second kappa shape index (κ2) is 4.84. The van der Waals surface area contributed by atoms with Crippen LogP contribution in [0.15, 0.2) is 0 Å². The van der Waals surface area contributed by atoms with Crippen molar-refractivity contribution in [2.24, 2.45) is 5.92 Å². The lowest BCUT2D eigenvalue weighted by Crippen LogP contribution is -2.66. The zero-order valence-corrected chi connectivity index (χ0v) is 12.3. The van der Waals surface area contributed by atoms with Crippen LogP contribution in [-0.4, -0.2) is 35.1 Å². The standard InChI is InChI=1S/C15H27NO2/c1-14(2)10-18-11-15(3,4)16(14)13(17)12-8-6-5-7-9-12/h12H,5-11H2,1-4H3. The summed E-state index contributed by atoms with van der Waals surface area (Å²) in [6.07, 6.45) is 5.85. The van der Waals surface area contributed by atoms with E-state index in [1.807, 2.05) is 0 Å². The molecule has 1 aliphatic heterocycles. The van der Waals surface area contributed by atoms with E-state index < -0.39 is 0 Å². The second-order valence-electron chi connectivity index (χ2n) is 7.13. The van der Waals surface area contributed by atoms with Crippen LogP contribution in [0.25, 0.3) is 0 Å². The summed E-state index contributed by atoms with van der Waals surface area (Å²) in [5.74, 6) is 0.600. The molecule has 1 heterocycles. The van der Waals surface area contributed by atoms with Crippen molar-refractivity contribution in [1.29, 1.82) is 0 Å². The van der Waals surface area contributed by atoms with Crippen molar-refractivity contribution in [3.63, 3.8) is 0 Å². The number of hydrogen-bond donors (Lipinski definition) is 0. The molecule has 0 aromatic rings. The summed E-state index contributed by atoms with van der Waals surface area (Å²) in [5.41, 5.74) is -0.368. The maximum absolute atomic E-state index is 12.9. The van der Waals surface area contributed by atoms with Crippen LogP contribution in [0.3, 0.4) is 0 Å². The summed E-state index contributed by atoms with van der Waals surface area (Å²) in [4.78, 5) is 15.0. The highest BCUT2D eigenvalue weighted by molar-refractivity contribution is 5.80. The first kappa shape index (κ1) is 13.9. The monoisotopic (exact) mass is 253 g/mol. The van der Waals surface area contributed by atoms with Crippen LogP contribution in [0, 0.1) is 5.92 Å². The van der Waals surface area contributed by atoms with E-state index in [9.17, 15) is 4.79 Å². The van der Waals surface area contributed by atoms with Gasteiger partial charge in [-0.3, -0.25) is 4.79 Å². The fraction of sp³-hybridized carbons (Fsp3) is 0.933. The van der Waals surface area contributed by atoms with Crippen LogP contribution in [-0.2, 0) is 9.53 Å². The highest BCUT2D eigenvalue weighted by atomic mass is 16.5. The van der Waals surface area contributed by atoms with E-state index in [4.69, 9.17) is 4.74 Å². The summed E-state index contributed by atoms with van der Waals surface area (Å²) in [6, 6.07) is 0. The number of hydrogen-bond acceptors (Lipinski definition) is 2. The summed E-state index contributed by atoms with van der Waals surface area (Å²) in [6.45, 7) is 9.77. The Bertz CT molecular complexity index is 300. The molecule has 0 bridgehead atoms. The summed E-state index contributed by atoms with van der Waals surface area (Å²) < 4.78 is 5.67. The summed E-state index contributed by atoms with van der Waals surface area (Å²) in [5, 5.41) is 0. The maximum atomic E-state index is 12.9. The molecule has 1 saturated heterocycles. The molecule has 1 amide bonds. The predicted molar refractivity (Wildman–Crippen MR) is 72.4 cm³/mol. The van der Waals surface area contributed by atoms with E-state index in [0.717, 1.165) is 12.8 Å². The van der Waals surface area contributed by atoms with E-state index in [2.05, 4.69) is 32.6 Å². The van der Waals surface area contributed by atoms with Crippen molar-refractivity contribution in [2.45, 2.75) is 70.9 Å². The van der Waals surface area contributed by atoms with Crippen molar-refractivity contribution >= 4 is 5.91 Å². The lowest BCUT2D eigenvalue weighted by atomic mass is 9.84. The lowest BCUT2D eigenvalue weighted by Gasteiger charge is -2.53. The third-order valence-corrected chi connectivity index (χ3v) is 4.30. The fourth-order valence-electron chi connectivity index (χ4n) is 3.63. The SMILES string of the molecule is CC1(C)COCC(C)(C)N1C(=O)C1CCCCC1. The quantitative estimate of drug-likeness (QED) is 0.719. The van der Waals surface area contributed by atoms with Crippen LogP contribution < -0.4 is 0 Å². The van der Waals surface area contributed by atoms with Gasteiger partial charge < -0.3 is 9.64 Å². The Morgan fingerprint density at radius 3 is 2.00 bits per heavy atom. The number of ether oxygens (including phenoxy) is 1. The zero-order valence-electron chi connectivity index (χ0n) is 12.3. The van der Waals surface area contributed by atoms with E-state index in [0.29, 0.717) is 19.1 Å². The van der Waals surface area contributed by atoms with E-state index in [-0.39, 0.29) is 17.0 Å². The molecule has 3 heteroatoms. The minimum Gasteiger partial charge on any atom is -0.377 e. The van der Waals surface area contributed by atoms with Gasteiger partial charge in [0.1, 0.15) is 0 Å². The molecule has 1 saturated carbocycles. The van der Waals surface area contributed by atoms with Crippen molar-refractivity contribution < 1.29 is 9.53 Å². The molecule has 0 unspecified atom stereocenters. The van der Waals surface area contributed by atoms with Crippen molar-refractivity contribution in [3.8, 4) is 0 Å². The molecule has 3 nitrogen and oxygen atoms in total. The second-order valence-corrected chi connectivity index (χ2v) is 7.13. The van der Waals surface area contributed by atoms with Crippen LogP contribution >= 0.6 is 0 Å². The average molecular weight is 253 g/mol. The molecule has 1 aliphatic carbocycles. The van der Waals surface area contributed by atoms with Gasteiger partial charge in [0.15, 0.2) is 0 Å². The van der Waals surface area contributed by atoms with E-state index in [1.165, 1.54) is 19.3 Å². The molecule has 2 fully saturated rings. The molecule has 0 aromatic carbocycles. The Hall–Kier alpha value is -0.570. The fourth-order valence-corrected chi connectivity index (χ4v) is 3.63. The molecule has 2 rings (SSSR count). The number of nitrogens with zero attached hydrogens (tertiary/aromatic N) is 1. The van der Waals surface area contributed by atoms with Gasteiger partial charge in [-0.2, -0.15) is 0 Å². The lowest BCUT2D eigenvalue weighted by molar-refractivity contribution is -0.172. The highest BCUT2D eigenvalue weighted by Gasteiger charge is 2.46. The Balaban J connectivity index is 2.19. The van der Waals surface area contributed by atoms with Crippen molar-refractivity contribution in [3.05, 3.63) is 0 Å². The first-order chi connectivity index (χ1) is 8.34. The largest absolute Gasteiger partial charge is 0.377 e. The number of amides is 1. The molecule has 0 atom stereocenters. The molecule has 2 aliphatic rings. The Morgan fingerprint density at radius 2 is 1.50 bits per heavy atom. The third kappa shape index (κ3) is 2.56. The highest BCUT2D eigenvalue weighted by Crippen LogP contribution is 2.35. The first-order valence-corrected chi connectivity index (χ1v) is 7.26. The minimum atomic E-state index is -0.184. The van der Waals surface area contributed by atoms with Crippen molar-refractivity contribution in [1.82, 2.24) is 4.90 Å². The van der Waals surface area contributed by atoms with Crippen LogP contribution in [0.5, 0.6) is 0 Å². The van der Waals surface area contributed by atoms with Gasteiger partial charge >= 0.3 is 0 Å².